The number of nitrogens with one attached hydrogen (secondary N) is 1. The van der Waals surface area contributed by atoms with Crippen LogP contribution in [0, 0.1) is 0 Å². The van der Waals surface area contributed by atoms with Gasteiger partial charge in [-0.15, -0.1) is 0 Å². The first-order valence-electron chi connectivity index (χ1n) is 6.20. The van der Waals surface area contributed by atoms with Crippen LogP contribution >= 0.6 is 0 Å². The molecule has 112 valence electrons. The molecule has 0 atom stereocenters. The van der Waals surface area contributed by atoms with Crippen LogP contribution in [0.2, 0.25) is 0 Å². The van der Waals surface area contributed by atoms with E-state index in [2.05, 4.69) is 0 Å². The van der Waals surface area contributed by atoms with E-state index in [0.29, 0.717) is 16.2 Å². The number of hydrogen-bond acceptors (Lipinski definition) is 3. The average molecular weight is 307 g/mol. The van der Waals surface area contributed by atoms with Crippen molar-refractivity contribution < 1.29 is 22.4 Å². The molecular weight excluding hydrogens is 299 g/mol. The molecule has 1 N–H and O–H groups in total. The van der Waals surface area contributed by atoms with Gasteiger partial charge >= 0.3 is 17.7 Å². The Morgan fingerprint density at radius 1 is 1.00 bits per heavy atom. The van der Waals surface area contributed by atoms with Gasteiger partial charge in [0.2, 0.25) is 0 Å². The smallest absolute Gasteiger partial charge is 0.422 e. The van der Waals surface area contributed by atoms with E-state index in [0.717, 1.165) is 0 Å². The number of carbonyl (C=O) groups excluding carboxylic acids is 1. The second-order valence-electron chi connectivity index (χ2n) is 4.60. The van der Waals surface area contributed by atoms with E-state index < -0.39 is 17.7 Å². The van der Waals surface area contributed by atoms with Gasteiger partial charge in [0.1, 0.15) is 5.58 Å². The molecule has 3 rings (SSSR count). The van der Waals surface area contributed by atoms with Crippen LogP contribution in [0.1, 0.15) is 0 Å². The van der Waals surface area contributed by atoms with Crippen molar-refractivity contribution in [3.63, 3.8) is 0 Å². The minimum absolute atomic E-state index is 0.0335. The highest BCUT2D eigenvalue weighted by Gasteiger charge is 2.38. The Morgan fingerprint density at radius 3 is 2.36 bits per heavy atom. The monoisotopic (exact) mass is 307 g/mol. The number of benzene rings is 2. The highest BCUT2D eigenvalue weighted by atomic mass is 19.4. The lowest BCUT2D eigenvalue weighted by Crippen LogP contribution is -2.29. The van der Waals surface area contributed by atoms with Crippen LogP contribution in [0.15, 0.2) is 51.7 Å². The fourth-order valence-corrected chi connectivity index (χ4v) is 2.16. The quantitative estimate of drug-likeness (QED) is 0.553. The summed E-state index contributed by atoms with van der Waals surface area (Å²) in [4.78, 5) is 22.8. The Labute approximate surface area is 121 Å². The van der Waals surface area contributed by atoms with Gasteiger partial charge in [0.25, 0.3) is 0 Å². The van der Waals surface area contributed by atoms with Crippen LogP contribution in [0.3, 0.4) is 0 Å². The Bertz CT molecular complexity index is 944. The molecule has 0 spiro atoms. The van der Waals surface area contributed by atoms with Gasteiger partial charge < -0.3 is 9.73 Å². The van der Waals surface area contributed by atoms with Gasteiger partial charge in [-0.25, -0.2) is 4.79 Å². The summed E-state index contributed by atoms with van der Waals surface area (Å²) < 4.78 is 42.0. The number of carbonyl (C=O) groups is 1. The summed E-state index contributed by atoms with van der Waals surface area (Å²) >= 11 is 0. The van der Waals surface area contributed by atoms with Crippen molar-refractivity contribution in [1.82, 2.24) is 0 Å². The predicted octanol–water partition coefficient (Wildman–Crippen LogP) is 3.45. The van der Waals surface area contributed by atoms with Crippen LogP contribution in [0.25, 0.3) is 21.7 Å². The van der Waals surface area contributed by atoms with Gasteiger partial charge in [-0.1, -0.05) is 18.2 Å². The molecule has 0 unspecified atom stereocenters. The predicted molar refractivity (Wildman–Crippen MR) is 74.7 cm³/mol. The van der Waals surface area contributed by atoms with E-state index in [1.54, 1.807) is 29.6 Å². The minimum Gasteiger partial charge on any atom is -0.422 e. The second kappa shape index (κ2) is 4.87. The molecular formula is C15H8F3NO3. The Hall–Kier alpha value is -2.83. The van der Waals surface area contributed by atoms with Gasteiger partial charge in [0.15, 0.2) is 0 Å². The molecule has 0 aliphatic rings. The van der Waals surface area contributed by atoms with Crippen LogP contribution in [-0.4, -0.2) is 12.1 Å². The number of rotatable bonds is 1. The molecule has 3 aromatic rings. The zero-order chi connectivity index (χ0) is 15.9. The summed E-state index contributed by atoms with van der Waals surface area (Å²) in [5.74, 6) is -2.06. The van der Waals surface area contributed by atoms with Crippen LogP contribution in [0.5, 0.6) is 0 Å². The molecule has 0 bridgehead atoms. The van der Waals surface area contributed by atoms with E-state index in [1.165, 1.54) is 18.2 Å². The van der Waals surface area contributed by atoms with Crippen LogP contribution in [0.4, 0.5) is 18.9 Å². The normalized spacial score (nSPS) is 11.8. The maximum absolute atomic E-state index is 12.3. The molecule has 0 aliphatic carbocycles. The number of anilines is 1. The fraction of sp³-hybridized carbons (Fsp3) is 0.0667. The van der Waals surface area contributed by atoms with Crippen molar-refractivity contribution in [2.45, 2.75) is 6.18 Å². The topological polar surface area (TPSA) is 59.3 Å². The van der Waals surface area contributed by atoms with E-state index in [1.807, 2.05) is 0 Å². The maximum Gasteiger partial charge on any atom is 0.471 e. The lowest BCUT2D eigenvalue weighted by Gasteiger charge is -2.09. The van der Waals surface area contributed by atoms with Crippen molar-refractivity contribution in [3.05, 3.63) is 52.9 Å². The molecule has 2 aromatic carbocycles. The van der Waals surface area contributed by atoms with Gasteiger partial charge in [0, 0.05) is 11.1 Å². The number of halogens is 3. The highest BCUT2D eigenvalue weighted by Crippen LogP contribution is 2.26. The molecule has 1 heterocycles. The molecule has 0 aliphatic heterocycles. The third-order valence-electron chi connectivity index (χ3n) is 3.13. The first kappa shape index (κ1) is 14.1. The van der Waals surface area contributed by atoms with Gasteiger partial charge in [-0.2, -0.15) is 13.2 Å². The molecule has 22 heavy (non-hydrogen) atoms. The van der Waals surface area contributed by atoms with Crippen molar-refractivity contribution in [2.24, 2.45) is 0 Å². The summed E-state index contributed by atoms with van der Waals surface area (Å²) in [5.41, 5.74) is -0.335. The number of hydrogen-bond donors (Lipinski definition) is 1. The van der Waals surface area contributed by atoms with Crippen LogP contribution in [-0.2, 0) is 4.79 Å². The Kier molecular flexibility index (Phi) is 3.13. The Morgan fingerprint density at radius 2 is 1.68 bits per heavy atom. The van der Waals surface area contributed by atoms with Crippen molar-refractivity contribution in [1.29, 1.82) is 0 Å². The number of fused-ring (bicyclic) bond motifs is 3. The lowest BCUT2D eigenvalue weighted by atomic mass is 10.1. The second-order valence-corrected chi connectivity index (χ2v) is 4.60. The zero-order valence-electron chi connectivity index (χ0n) is 10.9. The van der Waals surface area contributed by atoms with E-state index >= 15 is 0 Å². The molecule has 4 nitrogen and oxygen atoms in total. The first-order valence-corrected chi connectivity index (χ1v) is 6.20. The van der Waals surface area contributed by atoms with E-state index in [-0.39, 0.29) is 11.3 Å². The molecule has 0 fully saturated rings. The largest absolute Gasteiger partial charge is 0.471 e. The molecule has 0 radical (unpaired) electrons. The third kappa shape index (κ3) is 2.41. The molecule has 1 amide bonds. The summed E-state index contributed by atoms with van der Waals surface area (Å²) in [6.45, 7) is 0. The zero-order valence-corrected chi connectivity index (χ0v) is 10.9. The molecule has 7 heteroatoms. The molecule has 1 aromatic heterocycles. The fourth-order valence-electron chi connectivity index (χ4n) is 2.16. The van der Waals surface area contributed by atoms with Gasteiger partial charge in [-0.3, -0.25) is 4.79 Å². The van der Waals surface area contributed by atoms with E-state index in [9.17, 15) is 22.8 Å². The highest BCUT2D eigenvalue weighted by molar-refractivity contribution is 6.06. The summed E-state index contributed by atoms with van der Waals surface area (Å²) in [5, 5.41) is 3.06. The Balaban J connectivity index is 2.17. The number of alkyl halides is 3. The van der Waals surface area contributed by atoms with Gasteiger partial charge in [0.05, 0.1) is 5.39 Å². The summed E-state index contributed by atoms with van der Waals surface area (Å²) in [6, 6.07) is 10.5. The van der Waals surface area contributed by atoms with E-state index in [4.69, 9.17) is 4.42 Å². The maximum atomic E-state index is 12.3. The molecule has 0 saturated carbocycles. The van der Waals surface area contributed by atoms with Crippen molar-refractivity contribution >= 4 is 33.3 Å². The minimum atomic E-state index is -4.97. The third-order valence-corrected chi connectivity index (χ3v) is 3.13. The van der Waals surface area contributed by atoms with Crippen LogP contribution < -0.4 is 10.9 Å². The lowest BCUT2D eigenvalue weighted by molar-refractivity contribution is -0.167. The average Bonchev–Trinajstić information content (AvgIpc) is 2.47. The van der Waals surface area contributed by atoms with Gasteiger partial charge in [-0.05, 0) is 29.7 Å². The first-order chi connectivity index (χ1) is 10.4. The molecule has 0 saturated heterocycles. The SMILES string of the molecule is O=C(Nc1ccc2oc(=O)c3ccccc3c2c1)C(F)(F)F. The van der Waals surface area contributed by atoms with Crippen molar-refractivity contribution in [2.75, 3.05) is 5.32 Å². The number of amides is 1. The standard InChI is InChI=1S/C15H8F3NO3/c16-15(17,18)14(21)19-8-5-6-12-11(7-8)9-3-1-2-4-10(9)13(20)22-12/h1-7H,(H,19,21). The summed E-state index contributed by atoms with van der Waals surface area (Å²) in [6.07, 6.45) is -4.97. The summed E-state index contributed by atoms with van der Waals surface area (Å²) in [7, 11) is 0. The van der Waals surface area contributed by atoms with Crippen molar-refractivity contribution in [3.8, 4) is 0 Å².